The van der Waals surface area contributed by atoms with Gasteiger partial charge in [-0.3, -0.25) is 4.79 Å². The fourth-order valence-electron chi connectivity index (χ4n) is 2.27. The normalized spacial score (nSPS) is 12.7. The lowest BCUT2D eigenvalue weighted by Crippen LogP contribution is -2.03. The van der Waals surface area contributed by atoms with Crippen LogP contribution in [-0.4, -0.2) is 20.1 Å². The summed E-state index contributed by atoms with van der Waals surface area (Å²) >= 11 is 0. The quantitative estimate of drug-likeness (QED) is 0.830. The number of hydrogen-bond acceptors (Lipinski definition) is 3. The second kappa shape index (κ2) is 3.38. The van der Waals surface area contributed by atoms with Crippen molar-refractivity contribution in [1.29, 1.82) is 0 Å². The van der Waals surface area contributed by atoms with Crippen molar-refractivity contribution in [2.45, 2.75) is 0 Å². The van der Waals surface area contributed by atoms with Crippen molar-refractivity contribution in [2.75, 3.05) is 24.8 Å². The number of methoxy groups -OCH3 is 1. The van der Waals surface area contributed by atoms with Crippen LogP contribution in [0.4, 0.5) is 11.4 Å². The van der Waals surface area contributed by atoms with Gasteiger partial charge in [0.05, 0.1) is 12.8 Å². The Hall–Kier alpha value is -2.23. The first kappa shape index (κ1) is 9.96. The predicted octanol–water partition coefficient (Wildman–Crippen LogP) is 2.46. The summed E-state index contributed by atoms with van der Waals surface area (Å²) < 4.78 is 5.24. The Morgan fingerprint density at radius 3 is 2.82 bits per heavy atom. The number of ether oxygens (including phenoxy) is 1. The molecular formula is C13H12N2O2. The van der Waals surface area contributed by atoms with Crippen LogP contribution >= 0.6 is 0 Å². The number of carbonyl (C=O) groups excluding carboxylic acids is 1. The van der Waals surface area contributed by atoms with E-state index >= 15 is 0 Å². The first-order valence-electron chi connectivity index (χ1n) is 5.38. The minimum absolute atomic E-state index is 0.0547. The van der Waals surface area contributed by atoms with E-state index in [1.807, 2.05) is 31.3 Å². The van der Waals surface area contributed by atoms with Gasteiger partial charge in [0, 0.05) is 35.1 Å². The SMILES string of the molecule is CNc1ccc2c3c(cc(OC)cc13)NC2=O. The van der Waals surface area contributed by atoms with Crippen molar-refractivity contribution in [1.82, 2.24) is 0 Å². The van der Waals surface area contributed by atoms with Crippen molar-refractivity contribution < 1.29 is 9.53 Å². The number of carbonyl (C=O) groups is 1. The molecule has 1 heterocycles. The first-order valence-corrected chi connectivity index (χ1v) is 5.38. The molecule has 4 heteroatoms. The molecule has 0 saturated heterocycles. The van der Waals surface area contributed by atoms with Crippen molar-refractivity contribution in [3.63, 3.8) is 0 Å². The van der Waals surface area contributed by atoms with Crippen LogP contribution in [0.25, 0.3) is 10.8 Å². The van der Waals surface area contributed by atoms with Crippen molar-refractivity contribution in [2.24, 2.45) is 0 Å². The van der Waals surface area contributed by atoms with Gasteiger partial charge in [0.25, 0.3) is 5.91 Å². The maximum atomic E-state index is 11.8. The van der Waals surface area contributed by atoms with Gasteiger partial charge in [0.1, 0.15) is 5.75 Å². The molecule has 1 aliphatic heterocycles. The second-order valence-corrected chi connectivity index (χ2v) is 3.96. The summed E-state index contributed by atoms with van der Waals surface area (Å²) in [6, 6.07) is 7.53. The molecule has 1 amide bonds. The molecule has 0 radical (unpaired) electrons. The monoisotopic (exact) mass is 228 g/mol. The molecule has 0 unspecified atom stereocenters. The summed E-state index contributed by atoms with van der Waals surface area (Å²) in [4.78, 5) is 11.8. The summed E-state index contributed by atoms with van der Waals surface area (Å²) in [6.45, 7) is 0. The summed E-state index contributed by atoms with van der Waals surface area (Å²) in [5.41, 5.74) is 2.52. The Labute approximate surface area is 98.6 Å². The molecule has 0 aromatic heterocycles. The Bertz CT molecular complexity index is 635. The molecule has 2 N–H and O–H groups in total. The van der Waals surface area contributed by atoms with E-state index in [4.69, 9.17) is 4.74 Å². The largest absolute Gasteiger partial charge is 0.497 e. The highest BCUT2D eigenvalue weighted by molar-refractivity contribution is 6.25. The summed E-state index contributed by atoms with van der Waals surface area (Å²) in [7, 11) is 3.48. The van der Waals surface area contributed by atoms with E-state index in [0.29, 0.717) is 0 Å². The van der Waals surface area contributed by atoms with Crippen molar-refractivity contribution >= 4 is 28.1 Å². The van der Waals surface area contributed by atoms with E-state index in [-0.39, 0.29) is 5.91 Å². The third-order valence-corrected chi connectivity index (χ3v) is 3.09. The van der Waals surface area contributed by atoms with E-state index in [2.05, 4.69) is 10.6 Å². The van der Waals surface area contributed by atoms with Gasteiger partial charge in [-0.25, -0.2) is 0 Å². The minimum atomic E-state index is -0.0547. The van der Waals surface area contributed by atoms with Gasteiger partial charge in [-0.05, 0) is 18.2 Å². The summed E-state index contributed by atoms with van der Waals surface area (Å²) in [5.74, 6) is 0.684. The molecule has 0 spiro atoms. The lowest BCUT2D eigenvalue weighted by atomic mass is 10.0. The average Bonchev–Trinajstić information content (AvgIpc) is 2.67. The van der Waals surface area contributed by atoms with Crippen LogP contribution in [0.15, 0.2) is 24.3 Å². The smallest absolute Gasteiger partial charge is 0.256 e. The van der Waals surface area contributed by atoms with E-state index < -0.39 is 0 Å². The average molecular weight is 228 g/mol. The van der Waals surface area contributed by atoms with E-state index in [9.17, 15) is 4.79 Å². The highest BCUT2D eigenvalue weighted by atomic mass is 16.5. The van der Waals surface area contributed by atoms with Crippen LogP contribution < -0.4 is 15.4 Å². The maximum Gasteiger partial charge on any atom is 0.256 e. The number of hydrogen-bond donors (Lipinski definition) is 2. The molecule has 0 fully saturated rings. The third-order valence-electron chi connectivity index (χ3n) is 3.09. The highest BCUT2D eigenvalue weighted by Crippen LogP contribution is 2.39. The van der Waals surface area contributed by atoms with Gasteiger partial charge in [-0.1, -0.05) is 0 Å². The fourth-order valence-corrected chi connectivity index (χ4v) is 2.27. The van der Waals surface area contributed by atoms with Crippen LogP contribution in [0, 0.1) is 0 Å². The zero-order chi connectivity index (χ0) is 12.0. The van der Waals surface area contributed by atoms with Gasteiger partial charge < -0.3 is 15.4 Å². The Balaban J connectivity index is 2.44. The number of amides is 1. The molecule has 86 valence electrons. The number of nitrogens with one attached hydrogen (secondary N) is 2. The lowest BCUT2D eigenvalue weighted by Gasteiger charge is -2.09. The topological polar surface area (TPSA) is 50.4 Å². The molecule has 17 heavy (non-hydrogen) atoms. The third kappa shape index (κ3) is 1.27. The second-order valence-electron chi connectivity index (χ2n) is 3.96. The van der Waals surface area contributed by atoms with Crippen LogP contribution in [0.2, 0.25) is 0 Å². The van der Waals surface area contributed by atoms with E-state index in [1.165, 1.54) is 0 Å². The lowest BCUT2D eigenvalue weighted by molar-refractivity contribution is 0.103. The van der Waals surface area contributed by atoms with Crippen LogP contribution in [0.1, 0.15) is 10.4 Å². The van der Waals surface area contributed by atoms with Crippen LogP contribution in [-0.2, 0) is 0 Å². The molecule has 0 aliphatic carbocycles. The molecule has 0 saturated carbocycles. The van der Waals surface area contributed by atoms with Gasteiger partial charge in [-0.2, -0.15) is 0 Å². The molecule has 2 aromatic rings. The number of rotatable bonds is 2. The Kier molecular flexibility index (Phi) is 1.98. The zero-order valence-electron chi connectivity index (χ0n) is 9.63. The highest BCUT2D eigenvalue weighted by Gasteiger charge is 2.23. The molecule has 2 aromatic carbocycles. The van der Waals surface area contributed by atoms with Gasteiger partial charge in [-0.15, -0.1) is 0 Å². The summed E-state index contributed by atoms with van der Waals surface area (Å²) in [6.07, 6.45) is 0. The van der Waals surface area contributed by atoms with Gasteiger partial charge in [0.2, 0.25) is 0 Å². The molecule has 1 aliphatic rings. The fraction of sp³-hybridized carbons (Fsp3) is 0.154. The number of benzene rings is 2. The van der Waals surface area contributed by atoms with Gasteiger partial charge in [0.15, 0.2) is 0 Å². The predicted molar refractivity (Wildman–Crippen MR) is 68.0 cm³/mol. The number of anilines is 2. The molecule has 0 bridgehead atoms. The molecule has 3 rings (SSSR count). The summed E-state index contributed by atoms with van der Waals surface area (Å²) in [5, 5.41) is 7.93. The standard InChI is InChI=1S/C13H12N2O2/c1-14-10-4-3-8-12-9(10)5-7(17-2)6-11(12)15-13(8)16/h3-6,14H,1-2H3,(H,15,16). The van der Waals surface area contributed by atoms with E-state index in [0.717, 1.165) is 33.5 Å². The van der Waals surface area contributed by atoms with Crippen molar-refractivity contribution in [3.8, 4) is 5.75 Å². The molecule has 4 nitrogen and oxygen atoms in total. The molecular weight excluding hydrogens is 216 g/mol. The van der Waals surface area contributed by atoms with Crippen LogP contribution in [0.5, 0.6) is 5.75 Å². The Morgan fingerprint density at radius 1 is 1.29 bits per heavy atom. The van der Waals surface area contributed by atoms with E-state index in [1.54, 1.807) is 7.11 Å². The van der Waals surface area contributed by atoms with Gasteiger partial charge >= 0.3 is 0 Å². The maximum absolute atomic E-state index is 11.8. The minimum Gasteiger partial charge on any atom is -0.497 e. The Morgan fingerprint density at radius 2 is 2.12 bits per heavy atom. The van der Waals surface area contributed by atoms with Crippen LogP contribution in [0.3, 0.4) is 0 Å². The van der Waals surface area contributed by atoms with Crippen molar-refractivity contribution in [3.05, 3.63) is 29.8 Å². The first-order chi connectivity index (χ1) is 8.24. The zero-order valence-corrected chi connectivity index (χ0v) is 9.63. The molecule has 0 atom stereocenters.